The highest BCUT2D eigenvalue weighted by atomic mass is 32.2. The van der Waals surface area contributed by atoms with Crippen LogP contribution < -0.4 is 10.0 Å². The first-order valence-electron chi connectivity index (χ1n) is 9.77. The van der Waals surface area contributed by atoms with Gasteiger partial charge in [-0.1, -0.05) is 36.4 Å². The first kappa shape index (κ1) is 19.3. The summed E-state index contributed by atoms with van der Waals surface area (Å²) < 4.78 is 28.4. The van der Waals surface area contributed by atoms with Crippen molar-refractivity contribution in [1.29, 1.82) is 0 Å². The fraction of sp³-hybridized carbons (Fsp3) is 0.130. The topological polar surface area (TPSA) is 104 Å². The minimum Gasteiger partial charge on any atom is -0.325 e. The van der Waals surface area contributed by atoms with Crippen molar-refractivity contribution in [2.75, 3.05) is 10.0 Å². The second kappa shape index (κ2) is 6.68. The Balaban J connectivity index is 1.43. The maximum absolute atomic E-state index is 12.9. The first-order chi connectivity index (χ1) is 14.7. The van der Waals surface area contributed by atoms with Crippen molar-refractivity contribution in [3.8, 4) is 11.3 Å². The largest absolute Gasteiger partial charge is 0.325 e. The molecule has 0 spiro atoms. The molecule has 0 atom stereocenters. The maximum Gasteiger partial charge on any atom is 0.263 e. The molecule has 1 amide bonds. The van der Waals surface area contributed by atoms with Crippen molar-refractivity contribution in [3.05, 3.63) is 72.3 Å². The van der Waals surface area contributed by atoms with Crippen LogP contribution in [0.5, 0.6) is 0 Å². The molecule has 1 aromatic heterocycles. The van der Waals surface area contributed by atoms with Crippen LogP contribution >= 0.6 is 0 Å². The molecular weight excluding hydrogens is 412 g/mol. The molecule has 0 saturated heterocycles. The number of hydrogen-bond donors (Lipinski definition) is 3. The highest BCUT2D eigenvalue weighted by Gasteiger charge is 2.39. The van der Waals surface area contributed by atoms with E-state index in [4.69, 9.17) is 0 Å². The number of aromatic nitrogens is 2. The van der Waals surface area contributed by atoms with E-state index in [2.05, 4.69) is 20.2 Å². The predicted octanol–water partition coefficient (Wildman–Crippen LogP) is 4.26. The molecule has 4 aromatic rings. The van der Waals surface area contributed by atoms with Gasteiger partial charge in [-0.05, 0) is 54.4 Å². The molecule has 0 unspecified atom stereocenters. The van der Waals surface area contributed by atoms with E-state index in [0.29, 0.717) is 16.9 Å². The lowest BCUT2D eigenvalue weighted by Gasteiger charge is -2.16. The highest BCUT2D eigenvalue weighted by Crippen LogP contribution is 2.38. The Morgan fingerprint density at radius 2 is 1.71 bits per heavy atom. The van der Waals surface area contributed by atoms with Gasteiger partial charge in [0.1, 0.15) is 0 Å². The van der Waals surface area contributed by atoms with Gasteiger partial charge in [0.2, 0.25) is 5.91 Å². The molecule has 1 aliphatic heterocycles. The summed E-state index contributed by atoms with van der Waals surface area (Å²) in [5.41, 5.74) is 2.09. The van der Waals surface area contributed by atoms with Crippen molar-refractivity contribution in [3.63, 3.8) is 0 Å². The van der Waals surface area contributed by atoms with Crippen molar-refractivity contribution < 1.29 is 13.2 Å². The number of anilines is 2. The van der Waals surface area contributed by atoms with E-state index in [1.165, 1.54) is 12.1 Å². The monoisotopic (exact) mass is 432 g/mol. The van der Waals surface area contributed by atoms with Crippen LogP contribution in [0.25, 0.3) is 22.0 Å². The number of hydrogen-bond acceptors (Lipinski definition) is 4. The fourth-order valence-electron chi connectivity index (χ4n) is 3.79. The molecule has 3 N–H and O–H groups in total. The minimum atomic E-state index is -3.88. The number of carbonyl (C=O) groups is 1. The second-order valence-corrected chi connectivity index (χ2v) is 9.80. The third-order valence-electron chi connectivity index (χ3n) is 5.67. The van der Waals surface area contributed by atoms with Gasteiger partial charge in [-0.25, -0.2) is 8.42 Å². The quantitative estimate of drug-likeness (QED) is 0.448. The van der Waals surface area contributed by atoms with Crippen LogP contribution in [0.2, 0.25) is 0 Å². The van der Waals surface area contributed by atoms with E-state index in [1.54, 1.807) is 26.0 Å². The number of amides is 1. The van der Waals surface area contributed by atoms with Crippen molar-refractivity contribution in [2.45, 2.75) is 24.2 Å². The van der Waals surface area contributed by atoms with Gasteiger partial charge in [-0.2, -0.15) is 5.10 Å². The van der Waals surface area contributed by atoms with Gasteiger partial charge in [-0.15, -0.1) is 0 Å². The molecule has 5 rings (SSSR count). The Bertz CT molecular complexity index is 1450. The SMILES string of the molecule is CC1(C)C(=O)Nc2ccc(S(=O)(=O)Nc3cc(-c4ccc5ccccc5c4)[nH]n3)cc21. The van der Waals surface area contributed by atoms with Crippen LogP contribution in [0.3, 0.4) is 0 Å². The van der Waals surface area contributed by atoms with E-state index in [9.17, 15) is 13.2 Å². The first-order valence-corrected chi connectivity index (χ1v) is 11.3. The van der Waals surface area contributed by atoms with Crippen LogP contribution in [0.4, 0.5) is 11.5 Å². The summed E-state index contributed by atoms with van der Waals surface area (Å²) in [6.45, 7) is 3.53. The number of sulfonamides is 1. The summed E-state index contributed by atoms with van der Waals surface area (Å²) in [6, 6.07) is 20.3. The van der Waals surface area contributed by atoms with Gasteiger partial charge < -0.3 is 5.32 Å². The van der Waals surface area contributed by atoms with Gasteiger partial charge in [-0.3, -0.25) is 14.6 Å². The van der Waals surface area contributed by atoms with Crippen molar-refractivity contribution >= 4 is 38.2 Å². The van der Waals surface area contributed by atoms with E-state index >= 15 is 0 Å². The summed E-state index contributed by atoms with van der Waals surface area (Å²) in [5.74, 6) is 0.0365. The molecule has 3 aromatic carbocycles. The normalized spacial score (nSPS) is 15.0. The molecule has 0 saturated carbocycles. The van der Waals surface area contributed by atoms with Crippen molar-refractivity contribution in [2.24, 2.45) is 0 Å². The summed E-state index contributed by atoms with van der Waals surface area (Å²) >= 11 is 0. The third kappa shape index (κ3) is 3.25. The van der Waals surface area contributed by atoms with Crippen molar-refractivity contribution in [1.82, 2.24) is 10.2 Å². The maximum atomic E-state index is 12.9. The van der Waals surface area contributed by atoms with Gasteiger partial charge in [0.15, 0.2) is 5.82 Å². The lowest BCUT2D eigenvalue weighted by atomic mass is 9.86. The summed E-state index contributed by atoms with van der Waals surface area (Å²) in [4.78, 5) is 12.2. The molecule has 7 nitrogen and oxygen atoms in total. The zero-order valence-corrected chi connectivity index (χ0v) is 17.7. The average Bonchev–Trinajstić information content (AvgIpc) is 3.29. The zero-order chi connectivity index (χ0) is 21.8. The molecule has 156 valence electrons. The Labute approximate surface area is 179 Å². The Kier molecular flexibility index (Phi) is 4.16. The molecule has 0 bridgehead atoms. The molecule has 8 heteroatoms. The van der Waals surface area contributed by atoms with E-state index < -0.39 is 15.4 Å². The van der Waals surface area contributed by atoms with Gasteiger partial charge in [0.25, 0.3) is 10.0 Å². The van der Waals surface area contributed by atoms with Gasteiger partial charge in [0, 0.05) is 17.3 Å². The Morgan fingerprint density at radius 1 is 0.935 bits per heavy atom. The molecule has 1 aliphatic rings. The van der Waals surface area contributed by atoms with Crippen LogP contribution in [-0.4, -0.2) is 24.5 Å². The summed E-state index contributed by atoms with van der Waals surface area (Å²) in [7, 11) is -3.88. The van der Waals surface area contributed by atoms with Gasteiger partial charge >= 0.3 is 0 Å². The van der Waals surface area contributed by atoms with Crippen LogP contribution in [0.15, 0.2) is 71.6 Å². The minimum absolute atomic E-state index is 0.0751. The van der Waals surface area contributed by atoms with Gasteiger partial charge in [0.05, 0.1) is 16.0 Å². The Morgan fingerprint density at radius 3 is 2.52 bits per heavy atom. The lowest BCUT2D eigenvalue weighted by molar-refractivity contribution is -0.119. The molecule has 2 heterocycles. The third-order valence-corrected chi connectivity index (χ3v) is 7.02. The van der Waals surface area contributed by atoms with Crippen LogP contribution in [0, 0.1) is 0 Å². The zero-order valence-electron chi connectivity index (χ0n) is 16.9. The fourth-order valence-corrected chi connectivity index (χ4v) is 4.81. The number of nitrogens with one attached hydrogen (secondary N) is 3. The highest BCUT2D eigenvalue weighted by molar-refractivity contribution is 7.92. The average molecular weight is 433 g/mol. The number of nitrogens with zero attached hydrogens (tertiary/aromatic N) is 1. The number of H-pyrrole nitrogens is 1. The number of carbonyl (C=O) groups excluding carboxylic acids is 1. The number of fused-ring (bicyclic) bond motifs is 2. The van der Waals surface area contributed by atoms with E-state index in [-0.39, 0.29) is 16.6 Å². The number of benzene rings is 3. The number of aromatic amines is 1. The molecule has 0 aliphatic carbocycles. The molecule has 0 radical (unpaired) electrons. The predicted molar refractivity (Wildman–Crippen MR) is 120 cm³/mol. The van der Waals surface area contributed by atoms with Crippen LogP contribution in [-0.2, 0) is 20.2 Å². The molecule has 0 fully saturated rings. The molecule has 31 heavy (non-hydrogen) atoms. The summed E-state index contributed by atoms with van der Waals surface area (Å²) in [6.07, 6.45) is 0. The van der Waals surface area contributed by atoms with E-state index in [1.807, 2.05) is 42.5 Å². The summed E-state index contributed by atoms with van der Waals surface area (Å²) in [5, 5.41) is 12.0. The number of rotatable bonds is 4. The van der Waals surface area contributed by atoms with Crippen LogP contribution in [0.1, 0.15) is 19.4 Å². The molecular formula is C23H20N4O3S. The standard InChI is InChI=1S/C23H20N4O3S/c1-23(2)18-12-17(9-10-19(18)24-22(23)28)31(29,30)27-21-13-20(25-26-21)16-8-7-14-5-3-4-6-15(14)11-16/h3-13H,1-2H3,(H,24,28)(H2,25,26,27). The second-order valence-electron chi connectivity index (χ2n) is 8.12. The smallest absolute Gasteiger partial charge is 0.263 e. The van der Waals surface area contributed by atoms with E-state index in [0.717, 1.165) is 16.3 Å². The lowest BCUT2D eigenvalue weighted by Crippen LogP contribution is -2.27. The Hall–Kier alpha value is -3.65.